The average molecular weight is 215 g/mol. The monoisotopic (exact) mass is 215 g/mol. The molecule has 5 heteroatoms. The van der Waals surface area contributed by atoms with E-state index in [1.807, 2.05) is 6.07 Å². The lowest BCUT2D eigenvalue weighted by Crippen LogP contribution is -1.92. The van der Waals surface area contributed by atoms with E-state index in [0.717, 1.165) is 6.20 Å². The number of hydrogen-bond acceptors (Lipinski definition) is 4. The van der Waals surface area contributed by atoms with Crippen molar-refractivity contribution in [1.82, 2.24) is 9.97 Å². The summed E-state index contributed by atoms with van der Waals surface area (Å²) in [6.07, 6.45) is 2.53. The maximum atomic E-state index is 12.6. The first kappa shape index (κ1) is 10.1. The lowest BCUT2D eigenvalue weighted by Gasteiger charge is -2.04. The van der Waals surface area contributed by atoms with E-state index in [9.17, 15) is 4.39 Å². The predicted octanol–water partition coefficient (Wildman–Crippen LogP) is 2.28. The number of halogens is 1. The Bertz CT molecular complexity index is 534. The van der Waals surface area contributed by atoms with Gasteiger partial charge >= 0.3 is 0 Å². The second-order valence-electron chi connectivity index (χ2n) is 2.88. The molecule has 2 aromatic heterocycles. The Balaban J connectivity index is 2.27. The highest BCUT2D eigenvalue weighted by molar-refractivity contribution is 5.38. The van der Waals surface area contributed by atoms with Crippen LogP contribution in [0.15, 0.2) is 36.7 Å². The smallest absolute Gasteiger partial charge is 0.219 e. The van der Waals surface area contributed by atoms with Crippen LogP contribution >= 0.6 is 0 Å². The molecule has 0 amide bonds. The predicted molar refractivity (Wildman–Crippen MR) is 53.2 cm³/mol. The van der Waals surface area contributed by atoms with Gasteiger partial charge in [-0.05, 0) is 18.2 Å². The van der Waals surface area contributed by atoms with Gasteiger partial charge in [0, 0.05) is 12.3 Å². The normalized spacial score (nSPS) is 9.50. The first-order valence-corrected chi connectivity index (χ1v) is 4.44. The van der Waals surface area contributed by atoms with Crippen LogP contribution in [0.2, 0.25) is 0 Å². The zero-order chi connectivity index (χ0) is 11.4. The van der Waals surface area contributed by atoms with Crippen molar-refractivity contribution in [2.45, 2.75) is 0 Å². The number of rotatable bonds is 2. The third-order valence-electron chi connectivity index (χ3n) is 1.79. The van der Waals surface area contributed by atoms with Crippen molar-refractivity contribution in [3.05, 3.63) is 48.2 Å². The SMILES string of the molecule is N#Cc1ncccc1Oc1ccc(F)cn1. The summed E-state index contributed by atoms with van der Waals surface area (Å²) in [4.78, 5) is 7.54. The molecule has 2 aromatic rings. The topological polar surface area (TPSA) is 58.8 Å². The molecule has 16 heavy (non-hydrogen) atoms. The van der Waals surface area contributed by atoms with Crippen molar-refractivity contribution in [3.8, 4) is 17.7 Å². The van der Waals surface area contributed by atoms with Gasteiger partial charge in [-0.2, -0.15) is 5.26 Å². The Morgan fingerprint density at radius 1 is 1.25 bits per heavy atom. The number of nitrogens with zero attached hydrogens (tertiary/aromatic N) is 3. The van der Waals surface area contributed by atoms with Gasteiger partial charge in [0.25, 0.3) is 0 Å². The maximum absolute atomic E-state index is 12.6. The summed E-state index contributed by atoms with van der Waals surface area (Å²) in [7, 11) is 0. The van der Waals surface area contributed by atoms with Crippen LogP contribution in [0.3, 0.4) is 0 Å². The third kappa shape index (κ3) is 2.12. The van der Waals surface area contributed by atoms with E-state index >= 15 is 0 Å². The second-order valence-corrected chi connectivity index (χ2v) is 2.88. The van der Waals surface area contributed by atoms with E-state index in [0.29, 0.717) is 5.75 Å². The maximum Gasteiger partial charge on any atom is 0.219 e. The summed E-state index contributed by atoms with van der Waals surface area (Å²) in [6, 6.07) is 7.73. The van der Waals surface area contributed by atoms with Crippen LogP contribution in [0.1, 0.15) is 5.69 Å². The molecule has 0 N–H and O–H groups in total. The van der Waals surface area contributed by atoms with Gasteiger partial charge in [0.05, 0.1) is 6.20 Å². The molecule has 0 aliphatic carbocycles. The molecule has 0 saturated heterocycles. The van der Waals surface area contributed by atoms with Crippen LogP contribution in [-0.4, -0.2) is 9.97 Å². The Labute approximate surface area is 91.0 Å². The van der Waals surface area contributed by atoms with Gasteiger partial charge in [-0.25, -0.2) is 14.4 Å². The Morgan fingerprint density at radius 2 is 2.12 bits per heavy atom. The zero-order valence-electron chi connectivity index (χ0n) is 8.09. The van der Waals surface area contributed by atoms with Gasteiger partial charge < -0.3 is 4.74 Å². The third-order valence-corrected chi connectivity index (χ3v) is 1.79. The van der Waals surface area contributed by atoms with Gasteiger partial charge in [0.1, 0.15) is 11.9 Å². The molecule has 0 aliphatic heterocycles. The van der Waals surface area contributed by atoms with Crippen molar-refractivity contribution in [2.75, 3.05) is 0 Å². The van der Waals surface area contributed by atoms with Crippen molar-refractivity contribution in [1.29, 1.82) is 5.26 Å². The highest BCUT2D eigenvalue weighted by Crippen LogP contribution is 2.21. The molecule has 0 atom stereocenters. The minimum absolute atomic E-state index is 0.161. The van der Waals surface area contributed by atoms with Crippen LogP contribution in [0.25, 0.3) is 0 Å². The summed E-state index contributed by atoms with van der Waals surface area (Å²) in [5.74, 6) is 0.0639. The standard InChI is InChI=1S/C11H6FN3O/c12-8-3-4-11(15-7-8)16-10-2-1-5-14-9(10)6-13/h1-5,7H. The van der Waals surface area contributed by atoms with Crippen molar-refractivity contribution < 1.29 is 9.13 Å². The summed E-state index contributed by atoms with van der Waals surface area (Å²) >= 11 is 0. The zero-order valence-corrected chi connectivity index (χ0v) is 8.09. The Morgan fingerprint density at radius 3 is 2.81 bits per heavy atom. The van der Waals surface area contributed by atoms with Crippen LogP contribution in [0.5, 0.6) is 11.6 Å². The van der Waals surface area contributed by atoms with Crippen molar-refractivity contribution in [3.63, 3.8) is 0 Å². The first-order valence-electron chi connectivity index (χ1n) is 4.44. The van der Waals surface area contributed by atoms with Crippen molar-refractivity contribution >= 4 is 0 Å². The highest BCUT2D eigenvalue weighted by atomic mass is 19.1. The van der Waals surface area contributed by atoms with E-state index in [4.69, 9.17) is 10.00 Å². The Hall–Kier alpha value is -2.48. The molecule has 4 nitrogen and oxygen atoms in total. The van der Waals surface area contributed by atoms with Crippen LogP contribution < -0.4 is 4.74 Å². The summed E-state index contributed by atoms with van der Waals surface area (Å²) in [5.41, 5.74) is 0.161. The lowest BCUT2D eigenvalue weighted by molar-refractivity contribution is 0.455. The van der Waals surface area contributed by atoms with Crippen LogP contribution in [-0.2, 0) is 0 Å². The molecule has 2 rings (SSSR count). The molecule has 2 heterocycles. The number of nitriles is 1. The fourth-order valence-corrected chi connectivity index (χ4v) is 1.09. The Kier molecular flexibility index (Phi) is 2.74. The molecule has 0 spiro atoms. The second kappa shape index (κ2) is 4.36. The highest BCUT2D eigenvalue weighted by Gasteiger charge is 2.05. The number of aromatic nitrogens is 2. The molecule has 78 valence electrons. The molecular weight excluding hydrogens is 209 g/mol. The molecule has 0 fully saturated rings. The van der Waals surface area contributed by atoms with Gasteiger partial charge in [-0.1, -0.05) is 0 Å². The molecule has 0 aliphatic rings. The van der Waals surface area contributed by atoms with Crippen molar-refractivity contribution in [2.24, 2.45) is 0 Å². The van der Waals surface area contributed by atoms with Gasteiger partial charge in [-0.3, -0.25) is 0 Å². The number of ether oxygens (including phenoxy) is 1. The minimum atomic E-state index is -0.445. The quantitative estimate of drug-likeness (QED) is 0.771. The van der Waals surface area contributed by atoms with E-state index in [1.54, 1.807) is 12.1 Å². The van der Waals surface area contributed by atoms with Gasteiger partial charge in [-0.15, -0.1) is 0 Å². The fourth-order valence-electron chi connectivity index (χ4n) is 1.09. The molecule has 0 aromatic carbocycles. The minimum Gasteiger partial charge on any atom is -0.436 e. The van der Waals surface area contributed by atoms with Crippen LogP contribution in [0.4, 0.5) is 4.39 Å². The van der Waals surface area contributed by atoms with E-state index < -0.39 is 5.82 Å². The molecular formula is C11H6FN3O. The van der Waals surface area contributed by atoms with Gasteiger partial charge in [0.15, 0.2) is 11.4 Å². The van der Waals surface area contributed by atoms with E-state index in [1.165, 1.54) is 18.3 Å². The summed E-state index contributed by atoms with van der Waals surface area (Å²) in [6.45, 7) is 0. The molecule has 0 saturated carbocycles. The number of pyridine rings is 2. The average Bonchev–Trinajstić information content (AvgIpc) is 2.33. The molecule has 0 radical (unpaired) electrons. The van der Waals surface area contributed by atoms with E-state index in [2.05, 4.69) is 9.97 Å². The largest absolute Gasteiger partial charge is 0.436 e. The lowest BCUT2D eigenvalue weighted by atomic mass is 10.3. The van der Waals surface area contributed by atoms with Crippen LogP contribution in [0, 0.1) is 17.1 Å². The summed E-state index contributed by atoms with van der Waals surface area (Å²) < 4.78 is 17.9. The molecule has 0 unspecified atom stereocenters. The first-order chi connectivity index (χ1) is 7.79. The molecule has 0 bridgehead atoms. The fraction of sp³-hybridized carbons (Fsp3) is 0. The number of hydrogen-bond donors (Lipinski definition) is 0. The van der Waals surface area contributed by atoms with E-state index in [-0.39, 0.29) is 11.6 Å². The summed E-state index contributed by atoms with van der Waals surface area (Å²) in [5, 5.41) is 8.77. The van der Waals surface area contributed by atoms with Gasteiger partial charge in [0.2, 0.25) is 5.88 Å².